The number of anilines is 2. The summed E-state index contributed by atoms with van der Waals surface area (Å²) in [6.45, 7) is 3.78. The number of amides is 3. The number of benzene rings is 2. The molecule has 28 heavy (non-hydrogen) atoms. The van der Waals surface area contributed by atoms with E-state index in [0.717, 1.165) is 21.9 Å². The first-order valence-corrected chi connectivity index (χ1v) is 9.54. The number of aromatic nitrogens is 1. The lowest BCUT2D eigenvalue weighted by Gasteiger charge is -2.10. The van der Waals surface area contributed by atoms with Crippen LogP contribution >= 0.6 is 11.8 Å². The van der Waals surface area contributed by atoms with Gasteiger partial charge in [-0.15, -0.1) is 11.8 Å². The topological polar surface area (TPSA) is 110 Å². The maximum atomic E-state index is 12.7. The van der Waals surface area contributed by atoms with Gasteiger partial charge in [0.1, 0.15) is 5.76 Å². The summed E-state index contributed by atoms with van der Waals surface area (Å²) in [6.07, 6.45) is 0. The Hall–Kier alpha value is -3.26. The van der Waals surface area contributed by atoms with E-state index in [-0.39, 0.29) is 5.91 Å². The number of nitrogens with zero attached hydrogens (tertiary/aromatic N) is 1. The maximum Gasteiger partial charge on any atom is 0.316 e. The number of rotatable bonds is 6. The Labute approximate surface area is 166 Å². The van der Waals surface area contributed by atoms with Crippen molar-refractivity contribution in [2.75, 3.05) is 10.6 Å². The van der Waals surface area contributed by atoms with Gasteiger partial charge in [0.25, 0.3) is 5.91 Å². The summed E-state index contributed by atoms with van der Waals surface area (Å²) in [5.41, 5.74) is 8.74. The molecule has 0 aliphatic heterocycles. The second kappa shape index (κ2) is 8.62. The minimum atomic E-state index is -0.638. The third-order valence-electron chi connectivity index (χ3n) is 4.10. The summed E-state index contributed by atoms with van der Waals surface area (Å²) in [5, 5.41) is 9.31. The van der Waals surface area contributed by atoms with Crippen LogP contribution in [0, 0.1) is 13.8 Å². The Morgan fingerprint density at radius 1 is 1.04 bits per heavy atom. The summed E-state index contributed by atoms with van der Waals surface area (Å²) >= 11 is 1.56. The quantitative estimate of drug-likeness (QED) is 0.537. The van der Waals surface area contributed by atoms with Crippen LogP contribution in [0.2, 0.25) is 0 Å². The number of nitrogens with one attached hydrogen (secondary N) is 2. The average Bonchev–Trinajstić information content (AvgIpc) is 2.99. The van der Waals surface area contributed by atoms with Crippen LogP contribution in [0.15, 0.2) is 57.9 Å². The summed E-state index contributed by atoms with van der Waals surface area (Å²) in [7, 11) is 0. The molecule has 7 nitrogen and oxygen atoms in total. The first-order valence-electron chi connectivity index (χ1n) is 8.55. The SMILES string of the molecule is Cc1noc(C)c1CSc1ccccc1C(=O)Nc1ccc(NC(N)=O)cc1. The molecular formula is C20H20N4O3S. The highest BCUT2D eigenvalue weighted by Crippen LogP contribution is 2.29. The lowest BCUT2D eigenvalue weighted by Crippen LogP contribution is -2.19. The Morgan fingerprint density at radius 2 is 1.68 bits per heavy atom. The van der Waals surface area contributed by atoms with Gasteiger partial charge in [0, 0.05) is 27.6 Å². The molecule has 0 atom stereocenters. The van der Waals surface area contributed by atoms with Crippen LogP contribution in [0.3, 0.4) is 0 Å². The van der Waals surface area contributed by atoms with Crippen LogP contribution in [0.4, 0.5) is 16.2 Å². The molecule has 0 aliphatic rings. The lowest BCUT2D eigenvalue weighted by atomic mass is 10.2. The molecule has 2 aromatic carbocycles. The van der Waals surface area contributed by atoms with Gasteiger partial charge in [0.2, 0.25) is 0 Å². The number of aryl methyl sites for hydroxylation is 2. The zero-order valence-corrected chi connectivity index (χ0v) is 16.3. The third-order valence-corrected chi connectivity index (χ3v) is 5.20. The molecule has 3 aromatic rings. The van der Waals surface area contributed by atoms with E-state index in [1.807, 2.05) is 32.0 Å². The Kier molecular flexibility index (Phi) is 6.00. The van der Waals surface area contributed by atoms with E-state index in [9.17, 15) is 9.59 Å². The third kappa shape index (κ3) is 4.72. The van der Waals surface area contributed by atoms with Gasteiger partial charge < -0.3 is 20.9 Å². The first-order chi connectivity index (χ1) is 13.4. The van der Waals surface area contributed by atoms with E-state index < -0.39 is 6.03 Å². The fraction of sp³-hybridized carbons (Fsp3) is 0.150. The molecule has 144 valence electrons. The van der Waals surface area contributed by atoms with Gasteiger partial charge >= 0.3 is 6.03 Å². The minimum absolute atomic E-state index is 0.211. The fourth-order valence-corrected chi connectivity index (χ4v) is 3.82. The molecule has 8 heteroatoms. The standard InChI is InChI=1S/C20H20N4O3S/c1-12-17(13(2)27-24-12)11-28-18-6-4-3-5-16(18)19(25)22-14-7-9-15(10-8-14)23-20(21)26/h3-10H,11H2,1-2H3,(H,22,25)(H3,21,23,26). The number of primary amides is 1. The number of hydrogen-bond donors (Lipinski definition) is 3. The average molecular weight is 396 g/mol. The van der Waals surface area contributed by atoms with Gasteiger partial charge in [-0.3, -0.25) is 4.79 Å². The van der Waals surface area contributed by atoms with Crippen molar-refractivity contribution in [3.05, 3.63) is 71.1 Å². The second-order valence-electron chi connectivity index (χ2n) is 6.11. The van der Waals surface area contributed by atoms with Crippen molar-refractivity contribution >= 4 is 35.1 Å². The van der Waals surface area contributed by atoms with Crippen molar-refractivity contribution in [1.29, 1.82) is 0 Å². The number of thioether (sulfide) groups is 1. The van der Waals surface area contributed by atoms with Crippen LogP contribution in [-0.2, 0) is 5.75 Å². The molecule has 0 unspecified atom stereocenters. The predicted octanol–water partition coefficient (Wildman–Crippen LogP) is 4.33. The number of carbonyl (C=O) groups is 2. The summed E-state index contributed by atoms with van der Waals surface area (Å²) in [4.78, 5) is 24.5. The van der Waals surface area contributed by atoms with E-state index >= 15 is 0 Å². The normalized spacial score (nSPS) is 10.5. The van der Waals surface area contributed by atoms with Gasteiger partial charge in [-0.05, 0) is 50.2 Å². The van der Waals surface area contributed by atoms with Crippen LogP contribution in [0.5, 0.6) is 0 Å². The van der Waals surface area contributed by atoms with E-state index in [0.29, 0.717) is 22.7 Å². The Bertz CT molecular complexity index is 979. The van der Waals surface area contributed by atoms with E-state index in [2.05, 4.69) is 15.8 Å². The van der Waals surface area contributed by atoms with Gasteiger partial charge in [0.05, 0.1) is 11.3 Å². The molecule has 0 spiro atoms. The smallest absolute Gasteiger partial charge is 0.316 e. The highest BCUT2D eigenvalue weighted by atomic mass is 32.2. The fourth-order valence-electron chi connectivity index (χ4n) is 2.62. The molecule has 0 saturated heterocycles. The molecule has 1 heterocycles. The summed E-state index contributed by atoms with van der Waals surface area (Å²) in [5.74, 6) is 1.24. The minimum Gasteiger partial charge on any atom is -0.361 e. The van der Waals surface area contributed by atoms with Crippen molar-refractivity contribution in [2.45, 2.75) is 24.5 Å². The van der Waals surface area contributed by atoms with Crippen LogP contribution in [0.1, 0.15) is 27.4 Å². The number of carbonyl (C=O) groups excluding carboxylic acids is 2. The molecule has 3 rings (SSSR count). The van der Waals surface area contributed by atoms with Crippen LogP contribution < -0.4 is 16.4 Å². The highest BCUT2D eigenvalue weighted by Gasteiger charge is 2.14. The van der Waals surface area contributed by atoms with Crippen molar-refractivity contribution in [3.63, 3.8) is 0 Å². The molecule has 0 bridgehead atoms. The largest absolute Gasteiger partial charge is 0.361 e. The van der Waals surface area contributed by atoms with Crippen molar-refractivity contribution in [1.82, 2.24) is 5.16 Å². The monoisotopic (exact) mass is 396 g/mol. The zero-order chi connectivity index (χ0) is 20.1. The van der Waals surface area contributed by atoms with E-state index in [1.165, 1.54) is 0 Å². The predicted molar refractivity (Wildman–Crippen MR) is 110 cm³/mol. The molecule has 0 radical (unpaired) electrons. The van der Waals surface area contributed by atoms with Crippen LogP contribution in [-0.4, -0.2) is 17.1 Å². The molecule has 1 aromatic heterocycles. The van der Waals surface area contributed by atoms with E-state index in [1.54, 1.807) is 42.1 Å². The van der Waals surface area contributed by atoms with Crippen LogP contribution in [0.25, 0.3) is 0 Å². The van der Waals surface area contributed by atoms with Crippen molar-refractivity contribution < 1.29 is 14.1 Å². The summed E-state index contributed by atoms with van der Waals surface area (Å²) < 4.78 is 5.20. The summed E-state index contributed by atoms with van der Waals surface area (Å²) in [6, 6.07) is 13.5. The number of hydrogen-bond acceptors (Lipinski definition) is 5. The zero-order valence-electron chi connectivity index (χ0n) is 15.5. The first kappa shape index (κ1) is 19.5. The molecule has 0 aliphatic carbocycles. The maximum absolute atomic E-state index is 12.7. The molecule has 3 amide bonds. The second-order valence-corrected chi connectivity index (χ2v) is 7.13. The highest BCUT2D eigenvalue weighted by molar-refractivity contribution is 7.98. The van der Waals surface area contributed by atoms with Crippen molar-refractivity contribution in [2.24, 2.45) is 5.73 Å². The molecular weight excluding hydrogens is 376 g/mol. The molecule has 0 saturated carbocycles. The lowest BCUT2D eigenvalue weighted by molar-refractivity contribution is 0.102. The molecule has 4 N–H and O–H groups in total. The van der Waals surface area contributed by atoms with E-state index in [4.69, 9.17) is 10.3 Å². The molecule has 0 fully saturated rings. The van der Waals surface area contributed by atoms with Crippen molar-refractivity contribution in [3.8, 4) is 0 Å². The van der Waals surface area contributed by atoms with Gasteiger partial charge in [-0.25, -0.2) is 4.79 Å². The van der Waals surface area contributed by atoms with Gasteiger partial charge in [0.15, 0.2) is 0 Å². The Morgan fingerprint density at radius 3 is 2.29 bits per heavy atom. The number of nitrogens with two attached hydrogens (primary N) is 1. The Balaban J connectivity index is 1.71. The van der Waals surface area contributed by atoms with Gasteiger partial charge in [-0.2, -0.15) is 0 Å². The van der Waals surface area contributed by atoms with Gasteiger partial charge in [-0.1, -0.05) is 17.3 Å². The number of urea groups is 1.